The molecule has 0 atom stereocenters. The number of aromatic nitrogens is 2. The molecule has 3 rings (SSSR count). The van der Waals surface area contributed by atoms with Crippen molar-refractivity contribution in [2.24, 2.45) is 5.92 Å². The van der Waals surface area contributed by atoms with E-state index in [0.717, 1.165) is 22.0 Å². The number of benzene rings is 1. The van der Waals surface area contributed by atoms with Crippen LogP contribution in [0.25, 0.3) is 0 Å². The summed E-state index contributed by atoms with van der Waals surface area (Å²) in [6.07, 6.45) is -1.16. The smallest absolute Gasteiger partial charge is 0.272 e. The third-order valence-electron chi connectivity index (χ3n) is 3.94. The Morgan fingerprint density at radius 1 is 1.25 bits per heavy atom. The van der Waals surface area contributed by atoms with E-state index in [0.29, 0.717) is 6.54 Å². The predicted molar refractivity (Wildman–Crippen MR) is 80.7 cm³/mol. The van der Waals surface area contributed by atoms with Crippen molar-refractivity contribution < 1.29 is 21.6 Å². The number of hydrogen-bond acceptors (Lipinski definition) is 3. The van der Waals surface area contributed by atoms with Crippen LogP contribution in [-0.4, -0.2) is 35.6 Å². The van der Waals surface area contributed by atoms with Gasteiger partial charge in [0.1, 0.15) is 0 Å². The van der Waals surface area contributed by atoms with Gasteiger partial charge in [0, 0.05) is 31.7 Å². The fourth-order valence-corrected chi connectivity index (χ4v) is 4.53. The van der Waals surface area contributed by atoms with Gasteiger partial charge in [0.15, 0.2) is 0 Å². The second-order valence-electron chi connectivity index (χ2n) is 5.92. The van der Waals surface area contributed by atoms with Crippen LogP contribution in [0.1, 0.15) is 11.1 Å². The van der Waals surface area contributed by atoms with Gasteiger partial charge in [-0.15, -0.1) is 0 Å². The zero-order valence-corrected chi connectivity index (χ0v) is 13.7. The molecule has 0 radical (unpaired) electrons. The predicted octanol–water partition coefficient (Wildman–Crippen LogP) is 2.53. The monoisotopic (exact) mass is 359 g/mol. The van der Waals surface area contributed by atoms with Crippen LogP contribution in [0.2, 0.25) is 0 Å². The first-order valence-corrected chi connectivity index (χ1v) is 8.77. The van der Waals surface area contributed by atoms with E-state index in [1.54, 1.807) is 10.9 Å². The minimum Gasteiger partial charge on any atom is -0.272 e. The van der Waals surface area contributed by atoms with Crippen LogP contribution in [0, 0.1) is 12.8 Å². The van der Waals surface area contributed by atoms with Crippen molar-refractivity contribution in [1.29, 1.82) is 0 Å². The number of hydrogen-bond donors (Lipinski definition) is 0. The molecule has 0 N–H and O–H groups in total. The van der Waals surface area contributed by atoms with Gasteiger partial charge >= 0.3 is 6.18 Å². The third kappa shape index (κ3) is 3.18. The van der Waals surface area contributed by atoms with E-state index in [4.69, 9.17) is 0 Å². The highest BCUT2D eigenvalue weighted by Crippen LogP contribution is 2.36. The Balaban J connectivity index is 1.74. The maximum atomic E-state index is 13.0. The van der Waals surface area contributed by atoms with Gasteiger partial charge in [-0.05, 0) is 24.6 Å². The molecule has 5 nitrogen and oxygen atoms in total. The van der Waals surface area contributed by atoms with E-state index in [1.807, 2.05) is 13.1 Å². The third-order valence-corrected chi connectivity index (χ3v) is 5.83. The summed E-state index contributed by atoms with van der Waals surface area (Å²) in [5.74, 6) is 0.0390. The molecule has 2 heterocycles. The largest absolute Gasteiger partial charge is 0.417 e. The molecule has 1 saturated heterocycles. The topological polar surface area (TPSA) is 55.2 Å². The highest BCUT2D eigenvalue weighted by molar-refractivity contribution is 7.89. The van der Waals surface area contributed by atoms with E-state index in [9.17, 15) is 21.6 Å². The summed E-state index contributed by atoms with van der Waals surface area (Å²) in [4.78, 5) is -0.689. The number of halogens is 3. The van der Waals surface area contributed by atoms with Crippen molar-refractivity contribution in [3.05, 3.63) is 47.8 Å². The Morgan fingerprint density at radius 3 is 2.50 bits per heavy atom. The van der Waals surface area contributed by atoms with Crippen LogP contribution >= 0.6 is 0 Å². The fourth-order valence-electron chi connectivity index (χ4n) is 2.73. The van der Waals surface area contributed by atoms with E-state index >= 15 is 0 Å². The molecule has 24 heavy (non-hydrogen) atoms. The van der Waals surface area contributed by atoms with E-state index in [1.165, 1.54) is 12.1 Å². The SMILES string of the molecule is Cc1cnn(CC2CN(S(=O)(=O)c3ccccc3C(F)(F)F)C2)c1. The van der Waals surface area contributed by atoms with Gasteiger partial charge < -0.3 is 0 Å². The molecule has 1 aromatic carbocycles. The van der Waals surface area contributed by atoms with Crippen molar-refractivity contribution >= 4 is 10.0 Å². The van der Waals surface area contributed by atoms with Gasteiger partial charge in [-0.1, -0.05) is 12.1 Å². The normalized spacial score (nSPS) is 17.0. The average Bonchev–Trinajstić information content (AvgIpc) is 2.87. The Kier molecular flexibility index (Phi) is 4.16. The summed E-state index contributed by atoms with van der Waals surface area (Å²) in [6.45, 7) is 2.82. The standard InChI is InChI=1S/C15H16F3N3O2S/c1-11-6-19-20(7-11)8-12-9-21(10-12)24(22,23)14-5-3-2-4-13(14)15(16,17)18/h2-7,12H,8-10H2,1H3. The molecule has 0 amide bonds. The Labute approximate surface area is 137 Å². The summed E-state index contributed by atoms with van der Waals surface area (Å²) in [7, 11) is -4.15. The zero-order valence-electron chi connectivity index (χ0n) is 12.9. The minimum absolute atomic E-state index is 0.0390. The lowest BCUT2D eigenvalue weighted by atomic mass is 10.0. The Hall–Kier alpha value is -1.87. The zero-order chi connectivity index (χ0) is 17.5. The van der Waals surface area contributed by atoms with E-state index in [-0.39, 0.29) is 19.0 Å². The molecule has 1 aliphatic heterocycles. The Morgan fingerprint density at radius 2 is 1.92 bits per heavy atom. The first-order valence-electron chi connectivity index (χ1n) is 7.33. The maximum Gasteiger partial charge on any atom is 0.417 e. The van der Waals surface area contributed by atoms with Gasteiger partial charge in [0.25, 0.3) is 0 Å². The molecule has 130 valence electrons. The van der Waals surface area contributed by atoms with Crippen LogP contribution in [-0.2, 0) is 22.7 Å². The molecule has 1 aromatic heterocycles. The average molecular weight is 359 g/mol. The molecule has 0 saturated carbocycles. The van der Waals surface area contributed by atoms with Crippen LogP contribution in [0.5, 0.6) is 0 Å². The fraction of sp³-hybridized carbons (Fsp3) is 0.400. The molecular weight excluding hydrogens is 343 g/mol. The lowest BCUT2D eigenvalue weighted by Gasteiger charge is -2.38. The summed E-state index contributed by atoms with van der Waals surface area (Å²) in [6, 6.07) is 4.27. The maximum absolute atomic E-state index is 13.0. The second kappa shape index (κ2) is 5.89. The van der Waals surface area contributed by atoms with Gasteiger partial charge in [-0.25, -0.2) is 8.42 Å². The molecule has 1 fully saturated rings. The molecule has 0 unspecified atom stereocenters. The van der Waals surface area contributed by atoms with Crippen LogP contribution in [0.15, 0.2) is 41.6 Å². The van der Waals surface area contributed by atoms with E-state index < -0.39 is 26.7 Å². The quantitative estimate of drug-likeness (QED) is 0.843. The van der Waals surface area contributed by atoms with Gasteiger partial charge in [-0.3, -0.25) is 4.68 Å². The van der Waals surface area contributed by atoms with Crippen LogP contribution in [0.3, 0.4) is 0 Å². The van der Waals surface area contributed by atoms with Crippen molar-refractivity contribution in [3.8, 4) is 0 Å². The molecule has 0 aliphatic carbocycles. The van der Waals surface area contributed by atoms with Crippen molar-refractivity contribution in [3.63, 3.8) is 0 Å². The number of rotatable bonds is 4. The van der Waals surface area contributed by atoms with Crippen molar-refractivity contribution in [2.75, 3.05) is 13.1 Å². The molecule has 0 spiro atoms. The molecule has 1 aliphatic rings. The minimum atomic E-state index is -4.71. The number of sulfonamides is 1. The highest BCUT2D eigenvalue weighted by atomic mass is 32.2. The lowest BCUT2D eigenvalue weighted by molar-refractivity contribution is -0.139. The first kappa shape index (κ1) is 17.0. The second-order valence-corrected chi connectivity index (χ2v) is 7.83. The lowest BCUT2D eigenvalue weighted by Crippen LogP contribution is -2.51. The molecular formula is C15H16F3N3O2S. The highest BCUT2D eigenvalue weighted by Gasteiger charge is 2.42. The van der Waals surface area contributed by atoms with Gasteiger partial charge in [0.05, 0.1) is 16.7 Å². The molecule has 9 heteroatoms. The van der Waals surface area contributed by atoms with Crippen LogP contribution < -0.4 is 0 Å². The van der Waals surface area contributed by atoms with Gasteiger partial charge in [0.2, 0.25) is 10.0 Å². The number of nitrogens with zero attached hydrogens (tertiary/aromatic N) is 3. The summed E-state index contributed by atoms with van der Waals surface area (Å²) >= 11 is 0. The number of alkyl halides is 3. The first-order chi connectivity index (χ1) is 11.2. The van der Waals surface area contributed by atoms with Gasteiger partial charge in [-0.2, -0.15) is 22.6 Å². The molecule has 0 bridgehead atoms. The van der Waals surface area contributed by atoms with Crippen molar-refractivity contribution in [1.82, 2.24) is 14.1 Å². The van der Waals surface area contributed by atoms with Crippen molar-refractivity contribution in [2.45, 2.75) is 24.5 Å². The number of aryl methyl sites for hydroxylation is 1. The summed E-state index contributed by atoms with van der Waals surface area (Å²) < 4.78 is 66.9. The summed E-state index contributed by atoms with van der Waals surface area (Å²) in [5.41, 5.74) is -0.131. The van der Waals surface area contributed by atoms with E-state index in [2.05, 4.69) is 5.10 Å². The molecule has 2 aromatic rings. The Bertz CT molecular complexity index is 840. The van der Waals surface area contributed by atoms with Crippen LogP contribution in [0.4, 0.5) is 13.2 Å². The summed E-state index contributed by atoms with van der Waals surface area (Å²) in [5, 5.41) is 4.13.